The van der Waals surface area contributed by atoms with Crippen LogP contribution in [0.2, 0.25) is 5.15 Å². The molecule has 0 atom stereocenters. The van der Waals surface area contributed by atoms with Crippen LogP contribution in [0.25, 0.3) is 0 Å². The van der Waals surface area contributed by atoms with Gasteiger partial charge in [0.2, 0.25) is 0 Å². The van der Waals surface area contributed by atoms with Gasteiger partial charge in [-0.15, -0.1) is 0 Å². The lowest BCUT2D eigenvalue weighted by Gasteiger charge is -2.00. The lowest BCUT2D eigenvalue weighted by Crippen LogP contribution is -2.07. The third-order valence-corrected chi connectivity index (χ3v) is 1.65. The number of aryl methyl sites for hydroxylation is 1. The molecule has 0 saturated heterocycles. The molecular weight excluding hydrogens is 192 g/mol. The molecule has 0 saturated carbocycles. The van der Waals surface area contributed by atoms with Crippen LogP contribution in [0, 0.1) is 0 Å². The van der Waals surface area contributed by atoms with Crippen molar-refractivity contribution >= 4 is 17.6 Å². The predicted octanol–water partition coefficient (Wildman–Crippen LogP) is 1.48. The van der Waals surface area contributed by atoms with Gasteiger partial charge in [-0.3, -0.25) is 0 Å². The molecule has 13 heavy (non-hydrogen) atoms. The van der Waals surface area contributed by atoms with Crippen LogP contribution in [0.5, 0.6) is 0 Å². The van der Waals surface area contributed by atoms with Crippen molar-refractivity contribution in [2.75, 3.05) is 7.11 Å². The summed E-state index contributed by atoms with van der Waals surface area (Å²) < 4.78 is 4.50. The molecule has 0 unspecified atom stereocenters. The highest BCUT2D eigenvalue weighted by Gasteiger charge is 2.09. The number of carbonyl (C=O) groups excluding carboxylic acids is 1. The third kappa shape index (κ3) is 2.39. The van der Waals surface area contributed by atoms with Gasteiger partial charge in [-0.1, -0.05) is 18.5 Å². The molecule has 1 aromatic heterocycles. The van der Waals surface area contributed by atoms with Crippen molar-refractivity contribution in [3.63, 3.8) is 0 Å². The number of nitrogens with zero attached hydrogens (tertiary/aromatic N) is 2. The summed E-state index contributed by atoms with van der Waals surface area (Å²) in [5, 5.41) is 0.257. The van der Waals surface area contributed by atoms with Gasteiger partial charge >= 0.3 is 5.97 Å². The van der Waals surface area contributed by atoms with Gasteiger partial charge in [0.25, 0.3) is 0 Å². The monoisotopic (exact) mass is 200 g/mol. The van der Waals surface area contributed by atoms with Crippen molar-refractivity contribution in [2.24, 2.45) is 0 Å². The van der Waals surface area contributed by atoms with E-state index in [2.05, 4.69) is 14.7 Å². The van der Waals surface area contributed by atoms with Crippen molar-refractivity contribution in [3.05, 3.63) is 22.7 Å². The smallest absolute Gasteiger partial charge is 0.356 e. The molecule has 0 aromatic carbocycles. The lowest BCUT2D eigenvalue weighted by atomic mass is 10.3. The van der Waals surface area contributed by atoms with E-state index in [-0.39, 0.29) is 10.8 Å². The molecule has 0 spiro atoms. The maximum atomic E-state index is 11.1. The standard InChI is InChI=1S/C8H9ClN2O2/c1-3-7-10-5(8(12)13-2)4-6(9)11-7/h4H,3H2,1-2H3. The summed E-state index contributed by atoms with van der Waals surface area (Å²) in [6.45, 7) is 1.88. The summed E-state index contributed by atoms with van der Waals surface area (Å²) >= 11 is 5.67. The number of ether oxygens (including phenoxy) is 1. The second kappa shape index (κ2) is 4.18. The fourth-order valence-electron chi connectivity index (χ4n) is 0.832. The molecule has 0 aliphatic heterocycles. The van der Waals surface area contributed by atoms with Crippen molar-refractivity contribution in [1.29, 1.82) is 0 Å². The Balaban J connectivity index is 3.08. The molecule has 1 heterocycles. The van der Waals surface area contributed by atoms with Crippen molar-refractivity contribution in [3.8, 4) is 0 Å². The Morgan fingerprint density at radius 3 is 2.85 bits per heavy atom. The zero-order chi connectivity index (χ0) is 9.84. The van der Waals surface area contributed by atoms with Crippen LogP contribution in [0.3, 0.4) is 0 Å². The summed E-state index contributed by atoms with van der Waals surface area (Å²) in [5.41, 5.74) is 0.194. The molecule has 70 valence electrons. The lowest BCUT2D eigenvalue weighted by molar-refractivity contribution is 0.0593. The SMILES string of the molecule is CCc1nc(Cl)cc(C(=O)OC)n1. The van der Waals surface area contributed by atoms with E-state index in [1.165, 1.54) is 13.2 Å². The zero-order valence-corrected chi connectivity index (χ0v) is 8.13. The minimum absolute atomic E-state index is 0.194. The predicted molar refractivity (Wildman–Crippen MR) is 47.8 cm³/mol. The number of halogens is 1. The molecule has 5 heteroatoms. The molecule has 1 aromatic rings. The van der Waals surface area contributed by atoms with Crippen LogP contribution in [0.15, 0.2) is 6.07 Å². The van der Waals surface area contributed by atoms with Gasteiger partial charge < -0.3 is 4.74 Å². The van der Waals surface area contributed by atoms with E-state index in [9.17, 15) is 4.79 Å². The van der Waals surface area contributed by atoms with E-state index >= 15 is 0 Å². The first kappa shape index (κ1) is 9.92. The average molecular weight is 201 g/mol. The number of methoxy groups -OCH3 is 1. The first-order valence-corrected chi connectivity index (χ1v) is 4.17. The van der Waals surface area contributed by atoms with Crippen LogP contribution in [-0.4, -0.2) is 23.0 Å². The number of aromatic nitrogens is 2. The molecule has 0 aliphatic carbocycles. The van der Waals surface area contributed by atoms with Crippen LogP contribution >= 0.6 is 11.6 Å². The fourth-order valence-corrected chi connectivity index (χ4v) is 1.03. The number of hydrogen-bond donors (Lipinski definition) is 0. The van der Waals surface area contributed by atoms with E-state index in [0.29, 0.717) is 12.2 Å². The molecule has 0 aliphatic rings. The zero-order valence-electron chi connectivity index (χ0n) is 7.37. The van der Waals surface area contributed by atoms with E-state index < -0.39 is 5.97 Å². The quantitative estimate of drug-likeness (QED) is 0.536. The Morgan fingerprint density at radius 1 is 1.62 bits per heavy atom. The highest BCUT2D eigenvalue weighted by molar-refractivity contribution is 6.29. The molecule has 1 rings (SSSR count). The van der Waals surface area contributed by atoms with Gasteiger partial charge in [-0.05, 0) is 0 Å². The van der Waals surface area contributed by atoms with E-state index in [1.807, 2.05) is 6.92 Å². The largest absolute Gasteiger partial charge is 0.464 e. The minimum Gasteiger partial charge on any atom is -0.464 e. The Morgan fingerprint density at radius 2 is 2.31 bits per heavy atom. The fraction of sp³-hybridized carbons (Fsp3) is 0.375. The summed E-state index contributed by atoms with van der Waals surface area (Å²) in [5.74, 6) is 0.0342. The first-order chi connectivity index (χ1) is 6.17. The van der Waals surface area contributed by atoms with Crippen LogP contribution in [-0.2, 0) is 11.2 Å². The number of esters is 1. The van der Waals surface area contributed by atoms with E-state index in [4.69, 9.17) is 11.6 Å². The molecular formula is C8H9ClN2O2. The van der Waals surface area contributed by atoms with Crippen molar-refractivity contribution in [2.45, 2.75) is 13.3 Å². The Hall–Kier alpha value is -1.16. The molecule has 0 amide bonds. The van der Waals surface area contributed by atoms with Crippen LogP contribution < -0.4 is 0 Å². The summed E-state index contributed by atoms with van der Waals surface area (Å²) in [4.78, 5) is 18.9. The first-order valence-electron chi connectivity index (χ1n) is 3.79. The molecule has 0 fully saturated rings. The van der Waals surface area contributed by atoms with Crippen molar-refractivity contribution in [1.82, 2.24) is 9.97 Å². The van der Waals surface area contributed by atoms with Gasteiger partial charge in [0.15, 0.2) is 5.69 Å². The number of hydrogen-bond acceptors (Lipinski definition) is 4. The topological polar surface area (TPSA) is 52.1 Å². The van der Waals surface area contributed by atoms with E-state index in [0.717, 1.165) is 0 Å². The molecule has 0 radical (unpaired) electrons. The summed E-state index contributed by atoms with van der Waals surface area (Å²) in [6.07, 6.45) is 0.630. The Bertz CT molecular complexity index is 328. The van der Waals surface area contributed by atoms with E-state index in [1.54, 1.807) is 0 Å². The number of rotatable bonds is 2. The van der Waals surface area contributed by atoms with Gasteiger partial charge in [0, 0.05) is 12.5 Å². The second-order valence-corrected chi connectivity index (χ2v) is 2.72. The summed E-state index contributed by atoms with van der Waals surface area (Å²) in [6, 6.07) is 1.38. The second-order valence-electron chi connectivity index (χ2n) is 2.34. The highest BCUT2D eigenvalue weighted by atomic mass is 35.5. The Labute approximate surface area is 80.9 Å². The molecule has 0 bridgehead atoms. The van der Waals surface area contributed by atoms with Gasteiger partial charge in [0.05, 0.1) is 7.11 Å². The van der Waals surface area contributed by atoms with Crippen LogP contribution in [0.1, 0.15) is 23.2 Å². The minimum atomic E-state index is -0.501. The average Bonchev–Trinajstić information content (AvgIpc) is 2.15. The molecule has 0 N–H and O–H groups in total. The third-order valence-electron chi connectivity index (χ3n) is 1.45. The maximum Gasteiger partial charge on any atom is 0.356 e. The normalized spacial score (nSPS) is 9.77. The summed E-state index contributed by atoms with van der Waals surface area (Å²) in [7, 11) is 1.30. The highest BCUT2D eigenvalue weighted by Crippen LogP contribution is 2.08. The van der Waals surface area contributed by atoms with Crippen LogP contribution in [0.4, 0.5) is 0 Å². The van der Waals surface area contributed by atoms with Gasteiger partial charge in [0.1, 0.15) is 11.0 Å². The molecule has 4 nitrogen and oxygen atoms in total. The number of carbonyl (C=O) groups is 1. The van der Waals surface area contributed by atoms with Crippen molar-refractivity contribution < 1.29 is 9.53 Å². The maximum absolute atomic E-state index is 11.1. The Kier molecular flexibility index (Phi) is 3.19. The van der Waals surface area contributed by atoms with Gasteiger partial charge in [-0.25, -0.2) is 14.8 Å². The van der Waals surface area contributed by atoms with Gasteiger partial charge in [-0.2, -0.15) is 0 Å².